The predicted molar refractivity (Wildman–Crippen MR) is 88.0 cm³/mol. The van der Waals surface area contributed by atoms with E-state index >= 15 is 0 Å². The third-order valence-electron chi connectivity index (χ3n) is 5.03. The minimum absolute atomic E-state index is 0.235. The minimum atomic E-state index is -3.61. The van der Waals surface area contributed by atoms with Crippen LogP contribution >= 0.6 is 0 Å². The van der Waals surface area contributed by atoms with Gasteiger partial charge in [0.15, 0.2) is 0 Å². The molecule has 0 amide bonds. The Labute approximate surface area is 134 Å². The number of sulfonamides is 1. The lowest BCUT2D eigenvalue weighted by Crippen LogP contribution is -2.34. The van der Waals surface area contributed by atoms with E-state index in [1.165, 1.54) is 0 Å². The molecule has 7 heteroatoms. The van der Waals surface area contributed by atoms with Crippen molar-refractivity contribution in [3.05, 3.63) is 40.3 Å². The van der Waals surface area contributed by atoms with Crippen LogP contribution < -0.4 is 10.9 Å². The number of fused-ring (bicyclic) bond motifs is 2. The van der Waals surface area contributed by atoms with E-state index in [4.69, 9.17) is 0 Å². The van der Waals surface area contributed by atoms with E-state index in [1.807, 2.05) is 6.92 Å². The van der Waals surface area contributed by atoms with E-state index in [1.54, 1.807) is 28.7 Å². The normalized spacial score (nSPS) is 25.1. The molecule has 3 heterocycles. The van der Waals surface area contributed by atoms with Crippen LogP contribution in [0.15, 0.2) is 34.1 Å². The number of nitrogens with zero attached hydrogens (tertiary/aromatic N) is 1. The molecular weight excluding hydrogens is 314 g/mol. The number of aryl methyl sites for hydroxylation is 1. The summed E-state index contributed by atoms with van der Waals surface area (Å²) in [4.78, 5) is 14.9. The Bertz CT molecular complexity index is 923. The first kappa shape index (κ1) is 14.9. The van der Waals surface area contributed by atoms with Gasteiger partial charge >= 0.3 is 0 Å². The Morgan fingerprint density at radius 3 is 2.87 bits per heavy atom. The number of aromatic nitrogens is 1. The molecule has 2 atom stereocenters. The first-order valence-corrected chi connectivity index (χ1v) is 9.27. The second kappa shape index (κ2) is 5.15. The molecule has 1 aromatic carbocycles. The van der Waals surface area contributed by atoms with Crippen molar-refractivity contribution in [3.63, 3.8) is 0 Å². The number of pyridine rings is 1. The standard InChI is InChI=1S/C16H19N3O3S/c1-10-7-18-16(20)12-3-2-4-14(15(10)12)23(21,22)19-8-11-5-6-17-13(11)9-19/h2-4,7,11,13,17H,5-6,8-9H2,1H3,(H,18,20)/t11-,13+/m0/s1. The summed E-state index contributed by atoms with van der Waals surface area (Å²) in [5.74, 6) is 0.393. The fourth-order valence-corrected chi connectivity index (χ4v) is 5.61. The molecule has 2 saturated heterocycles. The smallest absolute Gasteiger partial charge is 0.255 e. The fraction of sp³-hybridized carbons (Fsp3) is 0.438. The molecule has 2 aromatic rings. The van der Waals surface area contributed by atoms with Gasteiger partial charge in [-0.25, -0.2) is 8.42 Å². The molecule has 0 unspecified atom stereocenters. The number of hydrogen-bond acceptors (Lipinski definition) is 4. The molecule has 2 aliphatic rings. The van der Waals surface area contributed by atoms with E-state index in [-0.39, 0.29) is 16.5 Å². The summed E-state index contributed by atoms with van der Waals surface area (Å²) in [5.41, 5.74) is 0.499. The average Bonchev–Trinajstić information content (AvgIpc) is 3.12. The molecule has 2 aliphatic heterocycles. The van der Waals surface area contributed by atoms with Crippen LogP contribution in [0.1, 0.15) is 12.0 Å². The van der Waals surface area contributed by atoms with Crippen molar-refractivity contribution in [2.45, 2.75) is 24.3 Å². The van der Waals surface area contributed by atoms with E-state index < -0.39 is 10.0 Å². The van der Waals surface area contributed by atoms with Crippen molar-refractivity contribution in [2.24, 2.45) is 5.92 Å². The summed E-state index contributed by atoms with van der Waals surface area (Å²) in [6, 6.07) is 5.16. The second-order valence-corrected chi connectivity index (χ2v) is 8.32. The van der Waals surface area contributed by atoms with Crippen LogP contribution in [0.4, 0.5) is 0 Å². The van der Waals surface area contributed by atoms with Crippen LogP contribution in [-0.2, 0) is 10.0 Å². The van der Waals surface area contributed by atoms with Crippen molar-refractivity contribution in [1.82, 2.24) is 14.6 Å². The highest BCUT2D eigenvalue weighted by Gasteiger charge is 2.41. The van der Waals surface area contributed by atoms with Crippen molar-refractivity contribution >= 4 is 20.8 Å². The molecular formula is C16H19N3O3S. The topological polar surface area (TPSA) is 82.3 Å². The van der Waals surface area contributed by atoms with Gasteiger partial charge in [-0.15, -0.1) is 0 Å². The Kier molecular flexibility index (Phi) is 3.33. The van der Waals surface area contributed by atoms with Gasteiger partial charge in [0, 0.05) is 36.1 Å². The number of benzene rings is 1. The molecule has 122 valence electrons. The third kappa shape index (κ3) is 2.22. The predicted octanol–water partition coefficient (Wildman–Crippen LogP) is 0.819. The number of rotatable bonds is 2. The fourth-order valence-electron chi connectivity index (χ4n) is 3.81. The van der Waals surface area contributed by atoms with Gasteiger partial charge < -0.3 is 10.3 Å². The largest absolute Gasteiger partial charge is 0.328 e. The Hall–Kier alpha value is -1.70. The SMILES string of the molecule is Cc1c[nH]c(=O)c2cccc(S(=O)(=O)N3C[C@@H]4CCN[C@@H]4C3)c12. The molecule has 0 aliphatic carbocycles. The first-order valence-electron chi connectivity index (χ1n) is 7.83. The summed E-state index contributed by atoms with van der Waals surface area (Å²) in [5, 5.41) is 4.32. The molecule has 23 heavy (non-hydrogen) atoms. The molecule has 0 spiro atoms. The maximum atomic E-state index is 13.1. The summed E-state index contributed by atoms with van der Waals surface area (Å²) < 4.78 is 27.8. The van der Waals surface area contributed by atoms with E-state index in [9.17, 15) is 13.2 Å². The van der Waals surface area contributed by atoms with E-state index in [0.29, 0.717) is 29.8 Å². The lowest BCUT2D eigenvalue weighted by atomic mass is 10.1. The molecule has 2 N–H and O–H groups in total. The van der Waals surface area contributed by atoms with Gasteiger partial charge in [0.1, 0.15) is 0 Å². The van der Waals surface area contributed by atoms with Crippen molar-refractivity contribution in [1.29, 1.82) is 0 Å². The van der Waals surface area contributed by atoms with Crippen molar-refractivity contribution < 1.29 is 8.42 Å². The lowest BCUT2D eigenvalue weighted by Gasteiger charge is -2.19. The zero-order valence-corrected chi connectivity index (χ0v) is 13.7. The summed E-state index contributed by atoms with van der Waals surface area (Å²) in [6.45, 7) is 3.84. The summed E-state index contributed by atoms with van der Waals surface area (Å²) >= 11 is 0. The molecule has 1 aromatic heterocycles. The quantitative estimate of drug-likeness (QED) is 0.852. The Balaban J connectivity index is 1.86. The van der Waals surface area contributed by atoms with Crippen LogP contribution in [0.2, 0.25) is 0 Å². The van der Waals surface area contributed by atoms with Gasteiger partial charge in [0.05, 0.1) is 4.90 Å². The Morgan fingerprint density at radius 2 is 2.09 bits per heavy atom. The maximum absolute atomic E-state index is 13.1. The molecule has 6 nitrogen and oxygen atoms in total. The van der Waals surface area contributed by atoms with Gasteiger partial charge in [-0.3, -0.25) is 4.79 Å². The first-order chi connectivity index (χ1) is 11.0. The van der Waals surface area contributed by atoms with Gasteiger partial charge in [-0.2, -0.15) is 4.31 Å². The number of H-pyrrole nitrogens is 1. The highest BCUT2D eigenvalue weighted by Crippen LogP contribution is 2.32. The molecule has 0 bridgehead atoms. The number of aromatic amines is 1. The zero-order valence-electron chi connectivity index (χ0n) is 12.9. The third-order valence-corrected chi connectivity index (χ3v) is 6.91. The second-order valence-electron chi connectivity index (χ2n) is 6.41. The van der Waals surface area contributed by atoms with E-state index in [2.05, 4.69) is 10.3 Å². The summed E-state index contributed by atoms with van der Waals surface area (Å²) in [7, 11) is -3.61. The highest BCUT2D eigenvalue weighted by molar-refractivity contribution is 7.89. The van der Waals surface area contributed by atoms with E-state index in [0.717, 1.165) is 18.5 Å². The van der Waals surface area contributed by atoms with Crippen molar-refractivity contribution in [3.8, 4) is 0 Å². The average molecular weight is 333 g/mol. The molecule has 0 saturated carbocycles. The van der Waals surface area contributed by atoms with Gasteiger partial charge in [0.2, 0.25) is 10.0 Å². The lowest BCUT2D eigenvalue weighted by molar-refractivity contribution is 0.449. The van der Waals surface area contributed by atoms with Crippen LogP contribution in [0, 0.1) is 12.8 Å². The van der Waals surface area contributed by atoms with Crippen LogP contribution in [0.25, 0.3) is 10.8 Å². The summed E-state index contributed by atoms with van der Waals surface area (Å²) in [6.07, 6.45) is 2.59. The Morgan fingerprint density at radius 1 is 1.26 bits per heavy atom. The zero-order chi connectivity index (χ0) is 16.2. The van der Waals surface area contributed by atoms with Crippen LogP contribution in [-0.4, -0.2) is 43.4 Å². The molecule has 0 radical (unpaired) electrons. The van der Waals surface area contributed by atoms with Crippen LogP contribution in [0.3, 0.4) is 0 Å². The van der Waals surface area contributed by atoms with Gasteiger partial charge in [-0.1, -0.05) is 6.07 Å². The van der Waals surface area contributed by atoms with Crippen LogP contribution in [0.5, 0.6) is 0 Å². The number of nitrogens with one attached hydrogen (secondary N) is 2. The highest BCUT2D eigenvalue weighted by atomic mass is 32.2. The molecule has 2 fully saturated rings. The number of hydrogen-bond donors (Lipinski definition) is 2. The van der Waals surface area contributed by atoms with Gasteiger partial charge in [-0.05, 0) is 43.5 Å². The maximum Gasteiger partial charge on any atom is 0.255 e. The van der Waals surface area contributed by atoms with Crippen molar-refractivity contribution in [2.75, 3.05) is 19.6 Å². The monoisotopic (exact) mass is 333 g/mol. The van der Waals surface area contributed by atoms with Gasteiger partial charge in [0.25, 0.3) is 5.56 Å². The minimum Gasteiger partial charge on any atom is -0.328 e. The molecule has 4 rings (SSSR count).